The van der Waals surface area contributed by atoms with E-state index < -0.39 is 5.54 Å². The van der Waals surface area contributed by atoms with Crippen molar-refractivity contribution < 1.29 is 4.52 Å². The molecule has 2 aromatic heterocycles. The van der Waals surface area contributed by atoms with Crippen LogP contribution in [0.2, 0.25) is 5.02 Å². The summed E-state index contributed by atoms with van der Waals surface area (Å²) in [5, 5.41) is 12.7. The lowest BCUT2D eigenvalue weighted by Crippen LogP contribution is -2.44. The van der Waals surface area contributed by atoms with Crippen LogP contribution in [0.25, 0.3) is 17.3 Å². The van der Waals surface area contributed by atoms with E-state index in [2.05, 4.69) is 20.5 Å². The Kier molecular flexibility index (Phi) is 4.09. The summed E-state index contributed by atoms with van der Waals surface area (Å²) in [5.41, 5.74) is 6.95. The lowest BCUT2D eigenvalue weighted by Gasteiger charge is -2.34. The van der Waals surface area contributed by atoms with Crippen LogP contribution in [-0.2, 0) is 5.54 Å². The summed E-state index contributed by atoms with van der Waals surface area (Å²) in [6.45, 7) is 0. The molecule has 2 heterocycles. The number of hydrogen-bond acceptors (Lipinski definition) is 6. The molecule has 1 saturated carbocycles. The normalized spacial score (nSPS) is 15.7. The van der Waals surface area contributed by atoms with Gasteiger partial charge in [0, 0.05) is 0 Å². The number of halogens is 2. The molecule has 3 aromatic rings. The zero-order chi connectivity index (χ0) is 15.2. The van der Waals surface area contributed by atoms with E-state index in [1.165, 1.54) is 0 Å². The van der Waals surface area contributed by atoms with E-state index in [0.717, 1.165) is 24.9 Å². The van der Waals surface area contributed by atoms with Crippen LogP contribution in [-0.4, -0.2) is 25.1 Å². The van der Waals surface area contributed by atoms with E-state index >= 15 is 0 Å². The number of nitrogens with zero attached hydrogens (tertiary/aromatic N) is 5. The SMILES string of the molecule is Cl.NC1(c2noc(-c3cn(-c4ccccc4Cl)nn3)n2)CCC1. The first-order valence-electron chi connectivity index (χ1n) is 6.96. The second-order valence-corrected chi connectivity index (χ2v) is 5.84. The molecule has 0 bridgehead atoms. The van der Waals surface area contributed by atoms with Gasteiger partial charge in [-0.1, -0.05) is 34.1 Å². The summed E-state index contributed by atoms with van der Waals surface area (Å²) in [5.74, 6) is 0.839. The monoisotopic (exact) mass is 352 g/mol. The van der Waals surface area contributed by atoms with Gasteiger partial charge in [0.15, 0.2) is 11.5 Å². The highest BCUT2D eigenvalue weighted by atomic mass is 35.5. The summed E-state index contributed by atoms with van der Waals surface area (Å²) in [6.07, 6.45) is 4.53. The van der Waals surface area contributed by atoms with E-state index in [9.17, 15) is 0 Å². The molecule has 0 aliphatic heterocycles. The molecule has 7 nitrogen and oxygen atoms in total. The standard InChI is InChI=1S/C14H13ClN6O.ClH/c15-9-4-1-2-5-11(9)21-8-10(18-20-21)12-17-13(19-22-12)14(16)6-3-7-14;/h1-2,4-5,8H,3,6-7,16H2;1H. The molecule has 0 amide bonds. The highest BCUT2D eigenvalue weighted by molar-refractivity contribution is 6.32. The predicted molar refractivity (Wildman–Crippen MR) is 86.6 cm³/mol. The van der Waals surface area contributed by atoms with Gasteiger partial charge < -0.3 is 10.3 Å². The molecular weight excluding hydrogens is 339 g/mol. The van der Waals surface area contributed by atoms with Crippen molar-refractivity contribution in [3.8, 4) is 17.3 Å². The predicted octanol–water partition coefficient (Wildman–Crippen LogP) is 2.73. The number of nitrogens with two attached hydrogens (primary N) is 1. The van der Waals surface area contributed by atoms with Crippen molar-refractivity contribution in [2.24, 2.45) is 5.73 Å². The van der Waals surface area contributed by atoms with Crippen molar-refractivity contribution in [3.05, 3.63) is 41.3 Å². The van der Waals surface area contributed by atoms with Gasteiger partial charge in [0.2, 0.25) is 0 Å². The number of para-hydroxylation sites is 1. The minimum absolute atomic E-state index is 0. The Morgan fingerprint density at radius 3 is 2.74 bits per heavy atom. The first-order chi connectivity index (χ1) is 10.7. The maximum absolute atomic E-state index is 6.19. The molecule has 9 heteroatoms. The molecule has 2 N–H and O–H groups in total. The maximum Gasteiger partial charge on any atom is 0.280 e. The third-order valence-corrected chi connectivity index (χ3v) is 4.25. The highest BCUT2D eigenvalue weighted by Crippen LogP contribution is 2.37. The molecular formula is C14H14Cl2N6O. The highest BCUT2D eigenvalue weighted by Gasteiger charge is 2.39. The molecule has 23 heavy (non-hydrogen) atoms. The zero-order valence-electron chi connectivity index (χ0n) is 12.0. The number of benzene rings is 1. The van der Waals surface area contributed by atoms with Crippen LogP contribution in [0.5, 0.6) is 0 Å². The number of hydrogen-bond donors (Lipinski definition) is 1. The average molecular weight is 353 g/mol. The molecule has 1 fully saturated rings. The van der Waals surface area contributed by atoms with Crippen LogP contribution in [0.1, 0.15) is 25.1 Å². The van der Waals surface area contributed by atoms with Gasteiger partial charge in [-0.2, -0.15) is 4.98 Å². The quantitative estimate of drug-likeness (QED) is 0.778. The summed E-state index contributed by atoms with van der Waals surface area (Å²) in [7, 11) is 0. The van der Waals surface area contributed by atoms with Crippen LogP contribution in [0.4, 0.5) is 0 Å². The fourth-order valence-electron chi connectivity index (χ4n) is 2.43. The Labute approximate surface area is 143 Å². The molecule has 4 rings (SSSR count). The number of rotatable bonds is 3. The summed E-state index contributed by atoms with van der Waals surface area (Å²) >= 11 is 6.15. The second-order valence-electron chi connectivity index (χ2n) is 5.43. The van der Waals surface area contributed by atoms with Crippen molar-refractivity contribution in [1.29, 1.82) is 0 Å². The Morgan fingerprint density at radius 2 is 2.04 bits per heavy atom. The Morgan fingerprint density at radius 1 is 1.26 bits per heavy atom. The van der Waals surface area contributed by atoms with Crippen molar-refractivity contribution in [2.45, 2.75) is 24.8 Å². The molecule has 1 aliphatic rings. The van der Waals surface area contributed by atoms with E-state index in [1.54, 1.807) is 16.9 Å². The smallest absolute Gasteiger partial charge is 0.280 e. The van der Waals surface area contributed by atoms with Gasteiger partial charge in [-0.15, -0.1) is 17.5 Å². The fraction of sp³-hybridized carbons (Fsp3) is 0.286. The molecule has 0 atom stereocenters. The lowest BCUT2D eigenvalue weighted by molar-refractivity contribution is 0.229. The van der Waals surface area contributed by atoms with Crippen LogP contribution >= 0.6 is 24.0 Å². The van der Waals surface area contributed by atoms with Crippen LogP contribution < -0.4 is 5.73 Å². The molecule has 1 aromatic carbocycles. The van der Waals surface area contributed by atoms with Gasteiger partial charge in [-0.25, -0.2) is 4.68 Å². The first kappa shape index (κ1) is 15.9. The summed E-state index contributed by atoms with van der Waals surface area (Å²) in [6, 6.07) is 7.37. The van der Waals surface area contributed by atoms with Gasteiger partial charge in [-0.3, -0.25) is 0 Å². The Bertz CT molecular complexity index is 826. The van der Waals surface area contributed by atoms with Gasteiger partial charge in [0.25, 0.3) is 5.89 Å². The van der Waals surface area contributed by atoms with Crippen molar-refractivity contribution >= 4 is 24.0 Å². The van der Waals surface area contributed by atoms with Gasteiger partial charge >= 0.3 is 0 Å². The Hall–Kier alpha value is -1.96. The Balaban J connectivity index is 0.00000156. The van der Waals surface area contributed by atoms with E-state index in [4.69, 9.17) is 21.9 Å². The second kappa shape index (κ2) is 5.92. The molecule has 1 aliphatic carbocycles. The first-order valence-corrected chi connectivity index (χ1v) is 7.34. The fourth-order valence-corrected chi connectivity index (χ4v) is 2.65. The van der Waals surface area contributed by atoms with Crippen molar-refractivity contribution in [2.75, 3.05) is 0 Å². The largest absolute Gasteiger partial charge is 0.332 e. The molecule has 0 unspecified atom stereocenters. The summed E-state index contributed by atoms with van der Waals surface area (Å²) in [4.78, 5) is 4.35. The van der Waals surface area contributed by atoms with E-state index in [1.807, 2.05) is 18.2 Å². The topological polar surface area (TPSA) is 95.7 Å². The van der Waals surface area contributed by atoms with Crippen LogP contribution in [0.15, 0.2) is 35.0 Å². The van der Waals surface area contributed by atoms with Crippen molar-refractivity contribution in [1.82, 2.24) is 25.1 Å². The van der Waals surface area contributed by atoms with Crippen LogP contribution in [0, 0.1) is 0 Å². The van der Waals surface area contributed by atoms with Gasteiger partial charge in [-0.05, 0) is 31.4 Å². The number of aromatic nitrogens is 5. The third-order valence-electron chi connectivity index (χ3n) is 3.93. The zero-order valence-corrected chi connectivity index (χ0v) is 13.6. The van der Waals surface area contributed by atoms with Gasteiger partial charge in [0.05, 0.1) is 22.4 Å². The van der Waals surface area contributed by atoms with E-state index in [0.29, 0.717) is 22.4 Å². The minimum atomic E-state index is -0.458. The van der Waals surface area contributed by atoms with Crippen LogP contribution in [0.3, 0.4) is 0 Å². The molecule has 0 spiro atoms. The maximum atomic E-state index is 6.19. The van der Waals surface area contributed by atoms with Crippen molar-refractivity contribution in [3.63, 3.8) is 0 Å². The molecule has 120 valence electrons. The minimum Gasteiger partial charge on any atom is -0.332 e. The molecule has 0 radical (unpaired) electrons. The third kappa shape index (κ3) is 2.71. The van der Waals surface area contributed by atoms with E-state index in [-0.39, 0.29) is 12.4 Å². The molecule has 0 saturated heterocycles. The van der Waals surface area contributed by atoms with Gasteiger partial charge in [0.1, 0.15) is 0 Å². The lowest BCUT2D eigenvalue weighted by atomic mass is 9.77. The summed E-state index contributed by atoms with van der Waals surface area (Å²) < 4.78 is 6.83. The average Bonchev–Trinajstić information content (AvgIpc) is 3.14.